The van der Waals surface area contributed by atoms with Crippen molar-refractivity contribution < 1.29 is 14.3 Å². The summed E-state index contributed by atoms with van der Waals surface area (Å²) in [6.45, 7) is 3.13. The van der Waals surface area contributed by atoms with E-state index in [-0.39, 0.29) is 19.1 Å². The zero-order valence-corrected chi connectivity index (χ0v) is 18.5. The monoisotopic (exact) mass is 506 g/mol. The second-order valence-corrected chi connectivity index (χ2v) is 8.17. The van der Waals surface area contributed by atoms with E-state index in [2.05, 4.69) is 37.2 Å². The van der Waals surface area contributed by atoms with Gasteiger partial charge in [-0.05, 0) is 42.3 Å². The molecule has 3 rings (SSSR count). The first kappa shape index (κ1) is 20.6. The van der Waals surface area contributed by atoms with E-state index in [1.807, 2.05) is 48.5 Å². The molecule has 7 heteroatoms. The number of amides is 1. The second-order valence-electron chi connectivity index (χ2n) is 6.34. The van der Waals surface area contributed by atoms with E-state index in [1.54, 1.807) is 11.8 Å². The first-order valence-electron chi connectivity index (χ1n) is 8.90. The van der Waals surface area contributed by atoms with E-state index in [0.29, 0.717) is 24.4 Å². The highest BCUT2D eigenvalue weighted by Crippen LogP contribution is 2.22. The van der Waals surface area contributed by atoms with Gasteiger partial charge in [0.05, 0.1) is 18.7 Å². The van der Waals surface area contributed by atoms with E-state index in [0.717, 1.165) is 20.1 Å². The summed E-state index contributed by atoms with van der Waals surface area (Å²) in [7, 11) is 0. The maximum atomic E-state index is 13.0. The maximum Gasteiger partial charge on any atom is 0.338 e. The first-order chi connectivity index (χ1) is 13.5. The van der Waals surface area contributed by atoms with Crippen molar-refractivity contribution in [2.75, 3.05) is 13.2 Å². The van der Waals surface area contributed by atoms with E-state index in [1.165, 1.54) is 0 Å². The average molecular weight is 508 g/mol. The van der Waals surface area contributed by atoms with Crippen molar-refractivity contribution in [3.63, 3.8) is 0 Å². The molecule has 0 saturated carbocycles. The lowest BCUT2D eigenvalue weighted by molar-refractivity contribution is -0.138. The van der Waals surface area contributed by atoms with Crippen LogP contribution in [0, 0.1) is 0 Å². The molecule has 1 aliphatic rings. The lowest BCUT2D eigenvalue weighted by atomic mass is 10.2. The van der Waals surface area contributed by atoms with Crippen molar-refractivity contribution in [2.24, 2.45) is 0 Å². The molecule has 1 heterocycles. The van der Waals surface area contributed by atoms with Crippen LogP contribution in [0.4, 0.5) is 0 Å². The molecule has 0 bridgehead atoms. The van der Waals surface area contributed by atoms with E-state index >= 15 is 0 Å². The molecule has 28 heavy (non-hydrogen) atoms. The van der Waals surface area contributed by atoms with Crippen molar-refractivity contribution in [2.45, 2.75) is 20.0 Å². The molecule has 2 aromatic rings. The minimum Gasteiger partial charge on any atom is -0.463 e. The predicted octanol–water partition coefficient (Wildman–Crippen LogP) is 4.16. The topological polar surface area (TPSA) is 58.6 Å². The van der Waals surface area contributed by atoms with Crippen LogP contribution in [0.3, 0.4) is 0 Å². The van der Waals surface area contributed by atoms with Crippen molar-refractivity contribution in [3.8, 4) is 0 Å². The molecule has 5 nitrogen and oxygen atoms in total. The predicted molar refractivity (Wildman–Crippen MR) is 114 cm³/mol. The van der Waals surface area contributed by atoms with Crippen LogP contribution < -0.4 is 5.32 Å². The van der Waals surface area contributed by atoms with Crippen LogP contribution in [0.25, 0.3) is 0 Å². The Kier molecular flexibility index (Phi) is 6.91. The molecule has 0 atom stereocenters. The van der Waals surface area contributed by atoms with Crippen LogP contribution >= 0.6 is 31.9 Å². The van der Waals surface area contributed by atoms with Gasteiger partial charge in [0.15, 0.2) is 0 Å². The Morgan fingerprint density at radius 1 is 1.04 bits per heavy atom. The summed E-state index contributed by atoms with van der Waals surface area (Å²) in [6.07, 6.45) is 0. The third kappa shape index (κ3) is 5.02. The van der Waals surface area contributed by atoms with Gasteiger partial charge in [-0.3, -0.25) is 4.79 Å². The summed E-state index contributed by atoms with van der Waals surface area (Å²) in [6, 6.07) is 15.6. The van der Waals surface area contributed by atoms with Crippen LogP contribution in [0.1, 0.15) is 18.1 Å². The Hall–Kier alpha value is -2.12. The average Bonchev–Trinajstić information content (AvgIpc) is 2.99. The quantitative estimate of drug-likeness (QED) is 0.571. The summed E-state index contributed by atoms with van der Waals surface area (Å²) in [5.41, 5.74) is 2.70. The van der Waals surface area contributed by atoms with E-state index in [4.69, 9.17) is 4.74 Å². The summed E-state index contributed by atoms with van der Waals surface area (Å²) < 4.78 is 7.12. The lowest BCUT2D eigenvalue weighted by Crippen LogP contribution is -2.30. The Morgan fingerprint density at radius 3 is 2.18 bits per heavy atom. The fraction of sp³-hybridized carbons (Fsp3) is 0.238. The third-order valence-electron chi connectivity index (χ3n) is 4.34. The summed E-state index contributed by atoms with van der Waals surface area (Å²) in [4.78, 5) is 27.0. The zero-order chi connectivity index (χ0) is 20.1. The number of nitrogens with one attached hydrogen (secondary N) is 1. The Morgan fingerprint density at radius 2 is 1.61 bits per heavy atom. The number of benzene rings is 2. The van der Waals surface area contributed by atoms with Gasteiger partial charge in [-0.1, -0.05) is 56.1 Å². The highest BCUT2D eigenvalue weighted by Gasteiger charge is 2.34. The van der Waals surface area contributed by atoms with Gasteiger partial charge in [0, 0.05) is 22.0 Å². The third-order valence-corrected chi connectivity index (χ3v) is 5.40. The van der Waals surface area contributed by atoms with Crippen LogP contribution in [-0.2, 0) is 27.4 Å². The number of ether oxygens (including phenoxy) is 1. The standard InChI is InChI=1S/C21H20Br2N2O3/c1-2-28-21(27)18-13-25(12-15-5-9-17(23)10-6-15)20(26)19(18)24-11-14-3-7-16(22)8-4-14/h3-10,24H,2,11-13H2,1H3. The molecule has 0 spiro atoms. The maximum absolute atomic E-state index is 13.0. The molecule has 0 aromatic heterocycles. The smallest absolute Gasteiger partial charge is 0.338 e. The van der Waals surface area contributed by atoms with Gasteiger partial charge >= 0.3 is 5.97 Å². The number of nitrogens with zero attached hydrogens (tertiary/aromatic N) is 1. The highest BCUT2D eigenvalue weighted by molar-refractivity contribution is 9.10. The van der Waals surface area contributed by atoms with Gasteiger partial charge in [-0.15, -0.1) is 0 Å². The number of hydrogen-bond donors (Lipinski definition) is 1. The molecule has 146 valence electrons. The SMILES string of the molecule is CCOC(=O)C1=C(NCc2ccc(Br)cc2)C(=O)N(Cc2ccc(Br)cc2)C1. The van der Waals surface area contributed by atoms with Crippen LogP contribution in [0.15, 0.2) is 68.7 Å². The number of carbonyl (C=O) groups is 2. The number of carbonyl (C=O) groups excluding carboxylic acids is 2. The Labute approximate surface area is 181 Å². The van der Waals surface area contributed by atoms with Gasteiger partial charge in [0.2, 0.25) is 0 Å². The molecule has 0 fully saturated rings. The van der Waals surface area contributed by atoms with Crippen molar-refractivity contribution in [3.05, 3.63) is 79.9 Å². The molecule has 0 unspecified atom stereocenters. The molecule has 2 aromatic carbocycles. The Bertz CT molecular complexity index is 893. The van der Waals surface area contributed by atoms with Gasteiger partial charge in [0.25, 0.3) is 5.91 Å². The van der Waals surface area contributed by atoms with Crippen molar-refractivity contribution in [1.82, 2.24) is 10.2 Å². The van der Waals surface area contributed by atoms with Crippen LogP contribution in [0.5, 0.6) is 0 Å². The van der Waals surface area contributed by atoms with Crippen molar-refractivity contribution >= 4 is 43.7 Å². The molecule has 1 amide bonds. The van der Waals surface area contributed by atoms with Crippen LogP contribution in [0.2, 0.25) is 0 Å². The van der Waals surface area contributed by atoms with Gasteiger partial charge in [-0.25, -0.2) is 4.79 Å². The summed E-state index contributed by atoms with van der Waals surface area (Å²) >= 11 is 6.82. The molecule has 0 saturated heterocycles. The minimum absolute atomic E-state index is 0.192. The molecule has 1 aliphatic heterocycles. The highest BCUT2D eigenvalue weighted by atomic mass is 79.9. The normalized spacial score (nSPS) is 13.8. The lowest BCUT2D eigenvalue weighted by Gasteiger charge is -2.17. The fourth-order valence-corrected chi connectivity index (χ4v) is 3.46. The van der Waals surface area contributed by atoms with E-state index in [9.17, 15) is 9.59 Å². The number of rotatable bonds is 7. The molecular weight excluding hydrogens is 488 g/mol. The molecular formula is C21H20Br2N2O3. The second kappa shape index (κ2) is 9.39. The van der Waals surface area contributed by atoms with E-state index < -0.39 is 5.97 Å². The number of hydrogen-bond acceptors (Lipinski definition) is 4. The number of esters is 1. The van der Waals surface area contributed by atoms with Gasteiger partial charge < -0.3 is 15.0 Å². The van der Waals surface area contributed by atoms with Gasteiger partial charge in [0.1, 0.15) is 5.70 Å². The van der Waals surface area contributed by atoms with Crippen molar-refractivity contribution in [1.29, 1.82) is 0 Å². The number of halogens is 2. The molecule has 1 N–H and O–H groups in total. The van der Waals surface area contributed by atoms with Gasteiger partial charge in [-0.2, -0.15) is 0 Å². The minimum atomic E-state index is -0.451. The molecule has 0 aliphatic carbocycles. The first-order valence-corrected chi connectivity index (χ1v) is 10.5. The van der Waals surface area contributed by atoms with Crippen LogP contribution in [-0.4, -0.2) is 29.9 Å². The Balaban J connectivity index is 1.76. The zero-order valence-electron chi connectivity index (χ0n) is 15.4. The molecule has 0 radical (unpaired) electrons. The fourth-order valence-electron chi connectivity index (χ4n) is 2.93. The summed E-state index contributed by atoms with van der Waals surface area (Å²) in [5.74, 6) is -0.643. The summed E-state index contributed by atoms with van der Waals surface area (Å²) in [5, 5.41) is 3.15. The largest absolute Gasteiger partial charge is 0.463 e.